The second-order valence-electron chi connectivity index (χ2n) is 6.27. The van der Waals surface area contributed by atoms with Gasteiger partial charge in [-0.2, -0.15) is 5.10 Å². The van der Waals surface area contributed by atoms with Gasteiger partial charge in [0.05, 0.1) is 18.4 Å². The van der Waals surface area contributed by atoms with E-state index in [0.29, 0.717) is 17.1 Å². The third kappa shape index (κ3) is 4.22. The molecule has 0 unspecified atom stereocenters. The van der Waals surface area contributed by atoms with Crippen molar-refractivity contribution in [1.29, 1.82) is 0 Å². The lowest BCUT2D eigenvalue weighted by molar-refractivity contribution is -0.120. The van der Waals surface area contributed by atoms with Crippen molar-refractivity contribution >= 4 is 11.8 Å². The van der Waals surface area contributed by atoms with E-state index in [0.717, 1.165) is 0 Å². The van der Waals surface area contributed by atoms with Gasteiger partial charge in [0.15, 0.2) is 5.82 Å². The maximum Gasteiger partial charge on any atom is 0.257 e. The fourth-order valence-corrected chi connectivity index (χ4v) is 2.63. The molecule has 0 atom stereocenters. The van der Waals surface area contributed by atoms with Crippen molar-refractivity contribution in [1.82, 2.24) is 25.0 Å². The Kier molecular flexibility index (Phi) is 5.35. The first kappa shape index (κ1) is 18.4. The summed E-state index contributed by atoms with van der Waals surface area (Å²) in [5.41, 5.74) is 0.907. The van der Waals surface area contributed by atoms with Crippen LogP contribution in [0.25, 0.3) is 11.5 Å². The Hall–Kier alpha value is -3.42. The quantitative estimate of drug-likeness (QED) is 0.698. The van der Waals surface area contributed by atoms with Crippen molar-refractivity contribution in [2.45, 2.75) is 19.9 Å². The highest BCUT2D eigenvalue weighted by Crippen LogP contribution is 2.20. The molecule has 2 amide bonds. The molecule has 0 spiro atoms. The van der Waals surface area contributed by atoms with Crippen LogP contribution in [-0.2, 0) is 4.79 Å². The minimum atomic E-state index is -0.425. The van der Waals surface area contributed by atoms with Crippen molar-refractivity contribution in [2.24, 2.45) is 0 Å². The first-order chi connectivity index (χ1) is 13.0. The number of amides is 2. The number of aromatic nitrogens is 3. The van der Waals surface area contributed by atoms with Gasteiger partial charge in [-0.05, 0) is 50.2 Å². The van der Waals surface area contributed by atoms with Gasteiger partial charge in [-0.3, -0.25) is 9.59 Å². The van der Waals surface area contributed by atoms with E-state index in [2.05, 4.69) is 15.7 Å². The van der Waals surface area contributed by atoms with E-state index < -0.39 is 5.91 Å². The molecule has 0 aliphatic heterocycles. The zero-order valence-electron chi connectivity index (χ0n) is 15.0. The molecule has 0 aliphatic carbocycles. The molecule has 0 saturated carbocycles. The number of nitrogens with one attached hydrogen (secondary N) is 2. The second-order valence-corrected chi connectivity index (χ2v) is 6.27. The lowest BCUT2D eigenvalue weighted by Gasteiger charge is -2.12. The summed E-state index contributed by atoms with van der Waals surface area (Å²) in [6, 6.07) is 9.43. The van der Waals surface area contributed by atoms with Crippen LogP contribution in [-0.4, -0.2) is 38.7 Å². The zero-order chi connectivity index (χ0) is 19.4. The fraction of sp³-hybridized carbons (Fsp3) is 0.211. The third-order valence-corrected chi connectivity index (χ3v) is 3.77. The van der Waals surface area contributed by atoms with Gasteiger partial charge in [-0.25, -0.2) is 9.07 Å². The molecule has 1 aromatic carbocycles. The molecule has 2 N–H and O–H groups in total. The topological polar surface area (TPSA) is 81.0 Å². The van der Waals surface area contributed by atoms with Gasteiger partial charge in [0.2, 0.25) is 5.91 Å². The summed E-state index contributed by atoms with van der Waals surface area (Å²) in [5, 5.41) is 9.60. The zero-order valence-corrected chi connectivity index (χ0v) is 15.0. The number of rotatable bonds is 6. The molecule has 0 aliphatic rings. The van der Waals surface area contributed by atoms with Gasteiger partial charge < -0.3 is 15.2 Å². The maximum atomic E-state index is 13.2. The molecule has 140 valence electrons. The van der Waals surface area contributed by atoms with Crippen LogP contribution in [0.1, 0.15) is 24.2 Å². The number of carbonyl (C=O) groups is 2. The molecule has 27 heavy (non-hydrogen) atoms. The standard InChI is InChI=1S/C19H20FN5O2/c1-13(2)23-17(26)12-21-18(27)16-11-22-25(15-7-5-14(20)6-8-15)19(16)24-9-3-4-10-24/h3-11,13H,12H2,1-2H3,(H,21,27)(H,23,26). The number of halogens is 1. The average Bonchev–Trinajstić information content (AvgIpc) is 3.28. The van der Waals surface area contributed by atoms with Crippen molar-refractivity contribution in [3.63, 3.8) is 0 Å². The Morgan fingerprint density at radius 3 is 2.44 bits per heavy atom. The first-order valence-electron chi connectivity index (χ1n) is 8.50. The predicted octanol–water partition coefficient (Wildman–Crippen LogP) is 2.06. The Morgan fingerprint density at radius 2 is 1.81 bits per heavy atom. The molecule has 2 aromatic heterocycles. The predicted molar refractivity (Wildman–Crippen MR) is 98.5 cm³/mol. The van der Waals surface area contributed by atoms with Gasteiger partial charge in [0.25, 0.3) is 5.91 Å². The van der Waals surface area contributed by atoms with Gasteiger partial charge >= 0.3 is 0 Å². The van der Waals surface area contributed by atoms with Crippen LogP contribution >= 0.6 is 0 Å². The molecule has 3 aromatic rings. The number of nitrogens with zero attached hydrogens (tertiary/aromatic N) is 3. The second kappa shape index (κ2) is 7.86. The lowest BCUT2D eigenvalue weighted by atomic mass is 10.2. The van der Waals surface area contributed by atoms with E-state index in [9.17, 15) is 14.0 Å². The highest BCUT2D eigenvalue weighted by molar-refractivity contribution is 5.99. The van der Waals surface area contributed by atoms with Crippen LogP contribution in [0.15, 0.2) is 55.0 Å². The molecule has 0 fully saturated rings. The highest BCUT2D eigenvalue weighted by atomic mass is 19.1. The SMILES string of the molecule is CC(C)NC(=O)CNC(=O)c1cnn(-c2ccc(F)cc2)c1-n1cccc1. The summed E-state index contributed by atoms with van der Waals surface area (Å²) in [5.74, 6) is -0.561. The Morgan fingerprint density at radius 1 is 1.15 bits per heavy atom. The van der Waals surface area contributed by atoms with E-state index in [1.807, 2.05) is 26.0 Å². The average molecular weight is 369 g/mol. The fourth-order valence-electron chi connectivity index (χ4n) is 2.63. The largest absolute Gasteiger partial charge is 0.352 e. The molecule has 7 nitrogen and oxygen atoms in total. The Labute approximate surface area is 155 Å². The monoisotopic (exact) mass is 369 g/mol. The van der Waals surface area contributed by atoms with Gasteiger partial charge in [-0.15, -0.1) is 0 Å². The summed E-state index contributed by atoms with van der Waals surface area (Å²) in [6.07, 6.45) is 4.98. The van der Waals surface area contributed by atoms with Crippen LogP contribution in [0, 0.1) is 5.82 Å². The summed E-state index contributed by atoms with van der Waals surface area (Å²) in [7, 11) is 0. The molecule has 3 rings (SSSR count). The maximum absolute atomic E-state index is 13.2. The molecular weight excluding hydrogens is 349 g/mol. The van der Waals surface area contributed by atoms with Gasteiger partial charge in [0, 0.05) is 18.4 Å². The molecule has 8 heteroatoms. The molecule has 0 radical (unpaired) electrons. The summed E-state index contributed by atoms with van der Waals surface area (Å²) < 4.78 is 16.5. The Bertz CT molecular complexity index is 930. The lowest BCUT2D eigenvalue weighted by Crippen LogP contribution is -2.40. The van der Waals surface area contributed by atoms with Crippen LogP contribution in [0.5, 0.6) is 0 Å². The Balaban J connectivity index is 1.90. The third-order valence-electron chi connectivity index (χ3n) is 3.77. The number of benzene rings is 1. The number of hydrogen-bond donors (Lipinski definition) is 2. The summed E-state index contributed by atoms with van der Waals surface area (Å²) in [4.78, 5) is 24.4. The normalized spacial score (nSPS) is 10.8. The van der Waals surface area contributed by atoms with Crippen LogP contribution in [0.4, 0.5) is 4.39 Å². The van der Waals surface area contributed by atoms with E-state index >= 15 is 0 Å². The molecular formula is C19H20FN5O2. The van der Waals surface area contributed by atoms with E-state index in [1.165, 1.54) is 18.3 Å². The molecule has 0 bridgehead atoms. The van der Waals surface area contributed by atoms with Gasteiger partial charge in [0.1, 0.15) is 11.4 Å². The minimum Gasteiger partial charge on any atom is -0.352 e. The highest BCUT2D eigenvalue weighted by Gasteiger charge is 2.20. The smallest absolute Gasteiger partial charge is 0.257 e. The van der Waals surface area contributed by atoms with Crippen LogP contribution < -0.4 is 10.6 Å². The van der Waals surface area contributed by atoms with Crippen molar-refractivity contribution in [2.75, 3.05) is 6.54 Å². The minimum absolute atomic E-state index is 0.00827. The summed E-state index contributed by atoms with van der Waals surface area (Å²) in [6.45, 7) is 3.55. The van der Waals surface area contributed by atoms with Gasteiger partial charge in [-0.1, -0.05) is 0 Å². The molecule has 2 heterocycles. The van der Waals surface area contributed by atoms with E-state index in [-0.39, 0.29) is 24.3 Å². The first-order valence-corrected chi connectivity index (χ1v) is 8.50. The molecule has 0 saturated heterocycles. The van der Waals surface area contributed by atoms with Crippen molar-refractivity contribution in [3.8, 4) is 11.5 Å². The van der Waals surface area contributed by atoms with Crippen LogP contribution in [0.3, 0.4) is 0 Å². The van der Waals surface area contributed by atoms with E-state index in [4.69, 9.17) is 0 Å². The number of carbonyl (C=O) groups excluding carboxylic acids is 2. The van der Waals surface area contributed by atoms with Crippen molar-refractivity contribution in [3.05, 3.63) is 66.4 Å². The van der Waals surface area contributed by atoms with E-state index in [1.54, 1.807) is 33.8 Å². The van der Waals surface area contributed by atoms with Crippen molar-refractivity contribution < 1.29 is 14.0 Å². The van der Waals surface area contributed by atoms with Crippen LogP contribution in [0.2, 0.25) is 0 Å². The summed E-state index contributed by atoms with van der Waals surface area (Å²) >= 11 is 0. The number of hydrogen-bond acceptors (Lipinski definition) is 3.